The van der Waals surface area contributed by atoms with Crippen LogP contribution in [0.2, 0.25) is 0 Å². The molecule has 0 unspecified atom stereocenters. The number of ketones is 1. The lowest BCUT2D eigenvalue weighted by Gasteiger charge is -2.08. The average molecular weight is 292 g/mol. The fourth-order valence-corrected chi connectivity index (χ4v) is 1.62. The first-order valence-electron chi connectivity index (χ1n) is 6.25. The first-order valence-corrected chi connectivity index (χ1v) is 6.25. The van der Waals surface area contributed by atoms with E-state index in [-0.39, 0.29) is 29.7 Å². The van der Waals surface area contributed by atoms with Gasteiger partial charge in [-0.15, -0.1) is 0 Å². The number of nitrogens with zero attached hydrogens (tertiary/aromatic N) is 2. The highest BCUT2D eigenvalue weighted by atomic mass is 19.1. The highest BCUT2D eigenvalue weighted by Gasteiger charge is 2.18. The van der Waals surface area contributed by atoms with Crippen molar-refractivity contribution in [2.24, 2.45) is 0 Å². The molecule has 1 aromatic heterocycles. The number of aromatic nitrogens is 2. The smallest absolute Gasteiger partial charge is 0.356 e. The van der Waals surface area contributed by atoms with Crippen molar-refractivity contribution in [3.63, 3.8) is 0 Å². The Morgan fingerprint density at radius 1 is 1.38 bits per heavy atom. The van der Waals surface area contributed by atoms with Gasteiger partial charge in [-0.2, -0.15) is 9.78 Å². The lowest BCUT2D eigenvalue weighted by atomic mass is 10.3. The zero-order chi connectivity index (χ0) is 15.4. The van der Waals surface area contributed by atoms with E-state index in [9.17, 15) is 14.0 Å². The SMILES string of the molecule is CCC(=O)COc1cc(C(=O)O)nn1-c1ccccc1F. The van der Waals surface area contributed by atoms with Crippen LogP contribution < -0.4 is 4.74 Å². The molecule has 0 aliphatic carbocycles. The van der Waals surface area contributed by atoms with Gasteiger partial charge in [0.15, 0.2) is 11.5 Å². The van der Waals surface area contributed by atoms with Gasteiger partial charge in [0.25, 0.3) is 0 Å². The van der Waals surface area contributed by atoms with Crippen LogP contribution in [-0.2, 0) is 4.79 Å². The van der Waals surface area contributed by atoms with E-state index in [1.54, 1.807) is 13.0 Å². The molecule has 1 aromatic carbocycles. The highest BCUT2D eigenvalue weighted by molar-refractivity contribution is 5.86. The Morgan fingerprint density at radius 2 is 2.10 bits per heavy atom. The van der Waals surface area contributed by atoms with Crippen molar-refractivity contribution >= 4 is 11.8 Å². The Balaban J connectivity index is 2.41. The number of benzene rings is 1. The summed E-state index contributed by atoms with van der Waals surface area (Å²) in [5, 5.41) is 12.8. The van der Waals surface area contributed by atoms with Crippen LogP contribution in [-0.4, -0.2) is 33.2 Å². The van der Waals surface area contributed by atoms with Gasteiger partial charge in [0.05, 0.1) is 0 Å². The van der Waals surface area contributed by atoms with E-state index in [4.69, 9.17) is 9.84 Å². The summed E-state index contributed by atoms with van der Waals surface area (Å²) in [4.78, 5) is 22.3. The third-order valence-electron chi connectivity index (χ3n) is 2.75. The van der Waals surface area contributed by atoms with E-state index in [0.29, 0.717) is 6.42 Å². The number of carboxylic acid groups (broad SMARTS) is 1. The molecule has 0 bridgehead atoms. The lowest BCUT2D eigenvalue weighted by molar-refractivity contribution is -0.120. The predicted molar refractivity (Wildman–Crippen MR) is 71.3 cm³/mol. The van der Waals surface area contributed by atoms with Gasteiger partial charge in [-0.05, 0) is 12.1 Å². The van der Waals surface area contributed by atoms with Gasteiger partial charge in [-0.25, -0.2) is 9.18 Å². The first kappa shape index (κ1) is 14.7. The van der Waals surface area contributed by atoms with Crippen LogP contribution in [0.25, 0.3) is 5.69 Å². The number of halogens is 1. The molecule has 0 saturated heterocycles. The third-order valence-corrected chi connectivity index (χ3v) is 2.75. The van der Waals surface area contributed by atoms with Crippen molar-refractivity contribution in [1.29, 1.82) is 0 Å². The Morgan fingerprint density at radius 3 is 2.71 bits per heavy atom. The maximum atomic E-state index is 13.8. The molecule has 6 nitrogen and oxygen atoms in total. The van der Waals surface area contributed by atoms with Crippen LogP contribution in [0.5, 0.6) is 5.88 Å². The van der Waals surface area contributed by atoms with Gasteiger partial charge >= 0.3 is 5.97 Å². The van der Waals surface area contributed by atoms with Crippen LogP contribution in [0.3, 0.4) is 0 Å². The molecule has 0 spiro atoms. The zero-order valence-electron chi connectivity index (χ0n) is 11.2. The Labute approximate surface area is 119 Å². The average Bonchev–Trinajstić information content (AvgIpc) is 2.89. The van der Waals surface area contributed by atoms with Gasteiger partial charge < -0.3 is 9.84 Å². The molecule has 2 aromatic rings. The molecule has 0 aliphatic rings. The molecule has 0 saturated carbocycles. The second-order valence-electron chi connectivity index (χ2n) is 4.22. The minimum Gasteiger partial charge on any atom is -0.476 e. The monoisotopic (exact) mass is 292 g/mol. The van der Waals surface area contributed by atoms with E-state index in [1.165, 1.54) is 18.2 Å². The van der Waals surface area contributed by atoms with Crippen LogP contribution in [0.15, 0.2) is 30.3 Å². The van der Waals surface area contributed by atoms with Crippen molar-refractivity contribution in [2.75, 3.05) is 6.61 Å². The molecule has 1 N–H and O–H groups in total. The second kappa shape index (κ2) is 6.17. The predicted octanol–water partition coefficient (Wildman–Crippen LogP) is 2.07. The number of hydrogen-bond donors (Lipinski definition) is 1. The summed E-state index contributed by atoms with van der Waals surface area (Å²) in [6, 6.07) is 6.89. The molecule has 0 amide bonds. The third kappa shape index (κ3) is 3.25. The fraction of sp³-hybridized carbons (Fsp3) is 0.214. The van der Waals surface area contributed by atoms with Crippen molar-refractivity contribution in [2.45, 2.75) is 13.3 Å². The zero-order valence-corrected chi connectivity index (χ0v) is 11.2. The van der Waals surface area contributed by atoms with Crippen molar-refractivity contribution in [3.05, 3.63) is 41.8 Å². The van der Waals surface area contributed by atoms with Crippen LogP contribution in [0.4, 0.5) is 4.39 Å². The molecule has 0 radical (unpaired) electrons. The lowest BCUT2D eigenvalue weighted by Crippen LogP contribution is -2.12. The summed E-state index contributed by atoms with van der Waals surface area (Å²) in [6.07, 6.45) is 0.291. The Bertz CT molecular complexity index is 681. The van der Waals surface area contributed by atoms with Crippen molar-refractivity contribution in [3.8, 4) is 11.6 Å². The van der Waals surface area contributed by atoms with Gasteiger partial charge in [0, 0.05) is 12.5 Å². The minimum absolute atomic E-state index is 0.000648. The highest BCUT2D eigenvalue weighted by Crippen LogP contribution is 2.21. The second-order valence-corrected chi connectivity index (χ2v) is 4.22. The van der Waals surface area contributed by atoms with Gasteiger partial charge in [0.1, 0.15) is 18.1 Å². The molecular weight excluding hydrogens is 279 g/mol. The van der Waals surface area contributed by atoms with E-state index in [0.717, 1.165) is 10.7 Å². The molecule has 1 heterocycles. The molecular formula is C14H13FN2O4. The number of carboxylic acids is 1. The quantitative estimate of drug-likeness (QED) is 0.881. The largest absolute Gasteiger partial charge is 0.476 e. The number of rotatable bonds is 6. The Kier molecular flexibility index (Phi) is 4.32. The molecule has 7 heteroatoms. The topological polar surface area (TPSA) is 81.4 Å². The van der Waals surface area contributed by atoms with Gasteiger partial charge in [0.2, 0.25) is 5.88 Å². The van der Waals surface area contributed by atoms with Crippen LogP contribution >= 0.6 is 0 Å². The fourth-order valence-electron chi connectivity index (χ4n) is 1.62. The van der Waals surface area contributed by atoms with E-state index in [1.807, 2.05) is 0 Å². The van der Waals surface area contributed by atoms with Crippen LogP contribution in [0.1, 0.15) is 23.8 Å². The molecule has 0 aliphatic heterocycles. The van der Waals surface area contributed by atoms with E-state index in [2.05, 4.69) is 5.10 Å². The number of carbonyl (C=O) groups is 2. The summed E-state index contributed by atoms with van der Waals surface area (Å²) in [7, 11) is 0. The van der Waals surface area contributed by atoms with E-state index >= 15 is 0 Å². The molecule has 21 heavy (non-hydrogen) atoms. The molecule has 0 atom stereocenters. The van der Waals surface area contributed by atoms with Crippen LogP contribution in [0, 0.1) is 5.82 Å². The number of ether oxygens (including phenoxy) is 1. The van der Waals surface area contributed by atoms with E-state index < -0.39 is 11.8 Å². The first-order chi connectivity index (χ1) is 10.0. The summed E-state index contributed by atoms with van der Waals surface area (Å²) in [6.45, 7) is 1.46. The molecule has 0 fully saturated rings. The summed E-state index contributed by atoms with van der Waals surface area (Å²) in [5.74, 6) is -2.01. The number of hydrogen-bond acceptors (Lipinski definition) is 4. The maximum Gasteiger partial charge on any atom is 0.356 e. The van der Waals surface area contributed by atoms with Crippen molar-refractivity contribution in [1.82, 2.24) is 9.78 Å². The Hall–Kier alpha value is -2.70. The maximum absolute atomic E-state index is 13.8. The number of para-hydroxylation sites is 1. The van der Waals surface area contributed by atoms with Crippen molar-refractivity contribution < 1.29 is 23.8 Å². The standard InChI is InChI=1S/C14H13FN2O4/c1-2-9(18)8-21-13-7-11(14(19)20)16-17(13)12-6-4-3-5-10(12)15/h3-7H,2,8H2,1H3,(H,19,20). The number of carbonyl (C=O) groups excluding carboxylic acids is 1. The normalized spacial score (nSPS) is 10.4. The summed E-state index contributed by atoms with van der Waals surface area (Å²) >= 11 is 0. The number of aromatic carboxylic acids is 1. The molecule has 2 rings (SSSR count). The summed E-state index contributed by atoms with van der Waals surface area (Å²) in [5.41, 5.74) is -0.249. The minimum atomic E-state index is -1.27. The number of Topliss-reactive ketones (excluding diaryl/α,β-unsaturated/α-hetero) is 1. The summed E-state index contributed by atoms with van der Waals surface area (Å²) < 4.78 is 20.1. The molecule has 110 valence electrons. The van der Waals surface area contributed by atoms with Gasteiger partial charge in [-0.1, -0.05) is 19.1 Å². The van der Waals surface area contributed by atoms with Gasteiger partial charge in [-0.3, -0.25) is 4.79 Å².